The van der Waals surface area contributed by atoms with E-state index in [0.717, 1.165) is 6.07 Å². The predicted octanol–water partition coefficient (Wildman–Crippen LogP) is 5.50. The largest absolute Gasteiger partial charge is 0.490 e. The lowest BCUT2D eigenvalue weighted by molar-refractivity contribution is -0.160. The van der Waals surface area contributed by atoms with Crippen molar-refractivity contribution in [2.75, 3.05) is 30.5 Å². The van der Waals surface area contributed by atoms with Crippen LogP contribution in [-0.2, 0) is 20.4 Å². The summed E-state index contributed by atoms with van der Waals surface area (Å²) in [7, 11) is 0. The highest BCUT2D eigenvalue weighted by Crippen LogP contribution is 2.40. The van der Waals surface area contributed by atoms with Crippen LogP contribution in [0, 0.1) is 6.92 Å². The normalized spacial score (nSPS) is 16.8. The van der Waals surface area contributed by atoms with Crippen LogP contribution in [0.5, 0.6) is 5.75 Å². The lowest BCUT2D eigenvalue weighted by Crippen LogP contribution is -2.51. The van der Waals surface area contributed by atoms with Crippen LogP contribution < -0.4 is 15.4 Å². The number of amides is 2. The Hall–Kier alpha value is -3.86. The van der Waals surface area contributed by atoms with Gasteiger partial charge in [0.05, 0.1) is 42.5 Å². The predicted molar refractivity (Wildman–Crippen MR) is 130 cm³/mol. The third-order valence-corrected chi connectivity index (χ3v) is 5.71. The summed E-state index contributed by atoms with van der Waals surface area (Å²) in [6, 6.07) is 5.90. The maximum absolute atomic E-state index is 13.7. The number of allylic oxidation sites excluding steroid dienone is 4. The minimum absolute atomic E-state index is 0.0555. The summed E-state index contributed by atoms with van der Waals surface area (Å²) >= 11 is 0. The Kier molecular flexibility index (Phi) is 7.26. The number of urea groups is 1. The SMILES string of the molecule is CCOC1=CC(c2ccc(NC(=O)Nc3ccc(OC4(C)COC4)c(C(F)(F)F)c3)c(C)n2)=CCC1=O. The number of ether oxygens (including phenoxy) is 3. The van der Waals surface area contributed by atoms with Crippen LogP contribution in [0.25, 0.3) is 5.57 Å². The fourth-order valence-electron chi connectivity index (χ4n) is 3.81. The number of nitrogens with zero attached hydrogens (tertiary/aromatic N) is 1. The summed E-state index contributed by atoms with van der Waals surface area (Å²) in [6.45, 7) is 5.88. The highest BCUT2D eigenvalue weighted by atomic mass is 19.4. The summed E-state index contributed by atoms with van der Waals surface area (Å²) < 4.78 is 56.9. The number of aromatic nitrogens is 1. The molecular formula is C26H26F3N3O5. The number of Topliss-reactive ketones (excluding diaryl/α,β-unsaturated/α-hetero) is 1. The van der Waals surface area contributed by atoms with Crippen LogP contribution in [0.15, 0.2) is 48.2 Å². The molecule has 2 N–H and O–H groups in total. The van der Waals surface area contributed by atoms with Gasteiger partial charge in [0.1, 0.15) is 5.75 Å². The summed E-state index contributed by atoms with van der Waals surface area (Å²) in [4.78, 5) is 29.0. The first-order valence-electron chi connectivity index (χ1n) is 11.6. The molecule has 2 aliphatic rings. The lowest BCUT2D eigenvalue weighted by atomic mass is 10.0. The van der Waals surface area contributed by atoms with Gasteiger partial charge < -0.3 is 24.8 Å². The van der Waals surface area contributed by atoms with Crippen LogP contribution in [0.3, 0.4) is 0 Å². The number of carbonyl (C=O) groups is 2. The van der Waals surface area contributed by atoms with Crippen LogP contribution in [-0.4, -0.2) is 42.2 Å². The summed E-state index contributed by atoms with van der Waals surface area (Å²) in [5.41, 5.74) is 0.270. The second kappa shape index (κ2) is 10.3. The molecule has 0 radical (unpaired) electrons. The van der Waals surface area contributed by atoms with Gasteiger partial charge in [0.2, 0.25) is 5.78 Å². The molecule has 196 valence electrons. The Bertz CT molecular complexity index is 1280. The number of halogens is 3. The fraction of sp³-hybridized carbons (Fsp3) is 0.346. The number of hydrogen-bond acceptors (Lipinski definition) is 6. The third kappa shape index (κ3) is 6.11. The highest BCUT2D eigenvalue weighted by molar-refractivity contribution is 6.01. The lowest BCUT2D eigenvalue weighted by Gasteiger charge is -2.38. The Labute approximate surface area is 211 Å². The minimum Gasteiger partial charge on any atom is -0.490 e. The van der Waals surface area contributed by atoms with E-state index in [-0.39, 0.29) is 42.6 Å². The van der Waals surface area contributed by atoms with Crippen molar-refractivity contribution in [1.29, 1.82) is 0 Å². The number of hydrogen-bond donors (Lipinski definition) is 2. The topological polar surface area (TPSA) is 98.8 Å². The number of benzene rings is 1. The molecule has 1 aliphatic carbocycles. The maximum atomic E-state index is 13.7. The first-order chi connectivity index (χ1) is 17.5. The molecule has 11 heteroatoms. The minimum atomic E-state index is -4.68. The molecule has 0 bridgehead atoms. The maximum Gasteiger partial charge on any atom is 0.420 e. The molecule has 0 saturated carbocycles. The van der Waals surface area contributed by atoms with Crippen molar-refractivity contribution in [2.45, 2.75) is 39.0 Å². The number of ketones is 1. The molecule has 1 saturated heterocycles. The van der Waals surface area contributed by atoms with Gasteiger partial charge >= 0.3 is 12.2 Å². The smallest absolute Gasteiger partial charge is 0.420 e. The third-order valence-electron chi connectivity index (χ3n) is 5.71. The zero-order chi connectivity index (χ0) is 26.8. The zero-order valence-electron chi connectivity index (χ0n) is 20.5. The highest BCUT2D eigenvalue weighted by Gasteiger charge is 2.40. The second-order valence-corrected chi connectivity index (χ2v) is 8.89. The van der Waals surface area contributed by atoms with Gasteiger partial charge in [-0.15, -0.1) is 0 Å². The summed E-state index contributed by atoms with van der Waals surface area (Å²) in [6.07, 6.45) is -1.12. The van der Waals surface area contributed by atoms with Gasteiger partial charge in [-0.2, -0.15) is 13.2 Å². The van der Waals surface area contributed by atoms with Crippen molar-refractivity contribution in [2.24, 2.45) is 0 Å². The molecule has 4 rings (SSSR count). The molecule has 0 unspecified atom stereocenters. The molecule has 37 heavy (non-hydrogen) atoms. The number of pyridine rings is 1. The van der Waals surface area contributed by atoms with E-state index in [1.54, 1.807) is 45.1 Å². The molecular weight excluding hydrogens is 491 g/mol. The average Bonchev–Trinajstić information content (AvgIpc) is 2.81. The molecule has 2 heterocycles. The Morgan fingerprint density at radius 3 is 2.57 bits per heavy atom. The van der Waals surface area contributed by atoms with Crippen LogP contribution in [0.2, 0.25) is 0 Å². The summed E-state index contributed by atoms with van der Waals surface area (Å²) in [5.74, 6) is -0.178. The van der Waals surface area contributed by atoms with Crippen molar-refractivity contribution in [1.82, 2.24) is 4.98 Å². The molecule has 1 fully saturated rings. The van der Waals surface area contributed by atoms with Crippen molar-refractivity contribution >= 4 is 28.8 Å². The van der Waals surface area contributed by atoms with Gasteiger partial charge in [-0.05, 0) is 57.2 Å². The van der Waals surface area contributed by atoms with Gasteiger partial charge in [0.15, 0.2) is 11.4 Å². The standard InChI is InChI=1S/C26H26F3N3O5/c1-4-36-23-11-16(5-9-21(23)33)20-8-7-19(15(2)30-20)32-24(34)31-17-6-10-22(18(12-17)26(27,28)29)37-25(3)13-35-14-25/h5-8,10-12H,4,9,13-14H2,1-3H3,(H2,31,32,34). The van der Waals surface area contributed by atoms with Crippen molar-refractivity contribution in [3.8, 4) is 5.75 Å². The van der Waals surface area contributed by atoms with E-state index in [2.05, 4.69) is 15.6 Å². The quantitative estimate of drug-likeness (QED) is 0.504. The van der Waals surface area contributed by atoms with Crippen molar-refractivity contribution in [3.63, 3.8) is 0 Å². The zero-order valence-corrected chi connectivity index (χ0v) is 20.5. The molecule has 2 amide bonds. The van der Waals surface area contributed by atoms with Crippen LogP contribution in [0.1, 0.15) is 37.2 Å². The first-order valence-corrected chi connectivity index (χ1v) is 11.6. The molecule has 0 spiro atoms. The molecule has 0 atom stereocenters. The fourth-order valence-corrected chi connectivity index (χ4v) is 3.81. The monoisotopic (exact) mass is 517 g/mol. The summed E-state index contributed by atoms with van der Waals surface area (Å²) in [5, 5.41) is 5.02. The van der Waals surface area contributed by atoms with Gasteiger partial charge in [-0.25, -0.2) is 4.79 Å². The van der Waals surface area contributed by atoms with E-state index >= 15 is 0 Å². The van der Waals surface area contributed by atoms with E-state index in [4.69, 9.17) is 14.2 Å². The average molecular weight is 518 g/mol. The first kappa shape index (κ1) is 26.2. The van der Waals surface area contributed by atoms with Crippen molar-refractivity contribution in [3.05, 3.63) is 65.2 Å². The number of rotatable bonds is 7. The van der Waals surface area contributed by atoms with E-state index in [1.165, 1.54) is 12.1 Å². The van der Waals surface area contributed by atoms with Gasteiger partial charge in [-0.1, -0.05) is 6.08 Å². The Morgan fingerprint density at radius 2 is 1.95 bits per heavy atom. The Balaban J connectivity index is 1.46. The van der Waals surface area contributed by atoms with Gasteiger partial charge in [-0.3, -0.25) is 9.78 Å². The number of carbonyl (C=O) groups excluding carboxylic acids is 2. The van der Waals surface area contributed by atoms with Crippen molar-refractivity contribution < 1.29 is 37.0 Å². The van der Waals surface area contributed by atoms with Gasteiger partial charge in [0.25, 0.3) is 0 Å². The number of aryl methyl sites for hydroxylation is 1. The molecule has 2 aromatic rings. The number of anilines is 2. The van der Waals surface area contributed by atoms with E-state index in [1.807, 2.05) is 0 Å². The molecule has 1 aromatic heterocycles. The van der Waals surface area contributed by atoms with Crippen LogP contribution >= 0.6 is 0 Å². The Morgan fingerprint density at radius 1 is 1.19 bits per heavy atom. The molecule has 8 nitrogen and oxygen atoms in total. The van der Waals surface area contributed by atoms with E-state index in [0.29, 0.717) is 29.3 Å². The second-order valence-electron chi connectivity index (χ2n) is 8.89. The molecule has 1 aliphatic heterocycles. The van der Waals surface area contributed by atoms with Gasteiger partial charge in [0, 0.05) is 17.7 Å². The van der Waals surface area contributed by atoms with E-state index in [9.17, 15) is 22.8 Å². The molecule has 1 aromatic carbocycles. The number of alkyl halides is 3. The van der Waals surface area contributed by atoms with Crippen LogP contribution in [0.4, 0.5) is 29.3 Å². The van der Waals surface area contributed by atoms with E-state index < -0.39 is 23.4 Å². The number of nitrogens with one attached hydrogen (secondary N) is 2.